The molecule has 1 aliphatic heterocycles. The Balaban J connectivity index is 1.94. The van der Waals surface area contributed by atoms with Gasteiger partial charge in [0.1, 0.15) is 0 Å². The number of hydrogen-bond donors (Lipinski definition) is 0. The van der Waals surface area contributed by atoms with Crippen LogP contribution >= 0.6 is 0 Å². The van der Waals surface area contributed by atoms with E-state index in [4.69, 9.17) is 4.74 Å². The first-order valence-electron chi connectivity index (χ1n) is 5.03. The number of hydrogen-bond acceptors (Lipinski definition) is 2. The molecule has 0 aromatic carbocycles. The Morgan fingerprint density at radius 1 is 1.08 bits per heavy atom. The van der Waals surface area contributed by atoms with Gasteiger partial charge >= 0.3 is 5.97 Å². The zero-order valence-corrected chi connectivity index (χ0v) is 7.16. The van der Waals surface area contributed by atoms with E-state index in [2.05, 4.69) is 0 Å². The highest BCUT2D eigenvalue weighted by Gasteiger charge is 2.51. The van der Waals surface area contributed by atoms with Crippen molar-refractivity contribution in [2.24, 2.45) is 23.7 Å². The van der Waals surface area contributed by atoms with Gasteiger partial charge in [0, 0.05) is 5.92 Å². The summed E-state index contributed by atoms with van der Waals surface area (Å²) in [7, 11) is 0. The molecule has 3 aliphatic carbocycles. The molecule has 4 fully saturated rings. The van der Waals surface area contributed by atoms with Gasteiger partial charge in [0.05, 0.1) is 12.5 Å². The Labute approximate surface area is 72.3 Å². The van der Waals surface area contributed by atoms with E-state index < -0.39 is 0 Å². The summed E-state index contributed by atoms with van der Waals surface area (Å²) >= 11 is 0. The first-order valence-corrected chi connectivity index (χ1v) is 5.03. The second-order valence-electron chi connectivity index (χ2n) is 4.49. The molecule has 4 aliphatic rings. The smallest absolute Gasteiger partial charge is 0.309 e. The van der Waals surface area contributed by atoms with Crippen LogP contribution in [0.4, 0.5) is 0 Å². The monoisotopic (exact) mass is 166 g/mol. The molecule has 0 amide bonds. The van der Waals surface area contributed by atoms with Gasteiger partial charge in [-0.1, -0.05) is 0 Å². The highest BCUT2D eigenvalue weighted by molar-refractivity contribution is 5.75. The topological polar surface area (TPSA) is 26.3 Å². The van der Waals surface area contributed by atoms with Crippen molar-refractivity contribution < 1.29 is 9.53 Å². The SMILES string of the molecule is O=C1OC[C@@H]2C3CCC(CC3)[C@H]12. The highest BCUT2D eigenvalue weighted by Crippen LogP contribution is 2.51. The molecule has 0 aromatic rings. The normalized spacial score (nSPS) is 50.5. The molecule has 2 nitrogen and oxygen atoms in total. The van der Waals surface area contributed by atoms with Crippen molar-refractivity contribution in [1.29, 1.82) is 0 Å². The molecule has 12 heavy (non-hydrogen) atoms. The minimum absolute atomic E-state index is 0.106. The summed E-state index contributed by atoms with van der Waals surface area (Å²) < 4.78 is 5.14. The van der Waals surface area contributed by atoms with Crippen molar-refractivity contribution in [3.05, 3.63) is 0 Å². The van der Waals surface area contributed by atoms with E-state index in [0.717, 1.165) is 12.5 Å². The van der Waals surface area contributed by atoms with E-state index in [0.29, 0.717) is 17.8 Å². The fraction of sp³-hybridized carbons (Fsp3) is 0.900. The summed E-state index contributed by atoms with van der Waals surface area (Å²) in [5, 5.41) is 0. The number of esters is 1. The Kier molecular flexibility index (Phi) is 1.29. The molecular weight excluding hydrogens is 152 g/mol. The van der Waals surface area contributed by atoms with E-state index in [-0.39, 0.29) is 5.97 Å². The molecule has 0 unspecified atom stereocenters. The summed E-state index contributed by atoms with van der Waals surface area (Å²) in [5.41, 5.74) is 0. The quantitative estimate of drug-likeness (QED) is 0.511. The minimum Gasteiger partial charge on any atom is -0.465 e. The predicted octanol–water partition coefficient (Wildman–Crippen LogP) is 1.60. The van der Waals surface area contributed by atoms with Crippen molar-refractivity contribution in [2.75, 3.05) is 6.61 Å². The van der Waals surface area contributed by atoms with Crippen LogP contribution in [-0.2, 0) is 9.53 Å². The van der Waals surface area contributed by atoms with Gasteiger partial charge in [0.15, 0.2) is 0 Å². The third-order valence-corrected chi connectivity index (χ3v) is 4.08. The minimum atomic E-state index is 0.106. The number of carbonyl (C=O) groups is 1. The molecule has 1 saturated heterocycles. The summed E-state index contributed by atoms with van der Waals surface area (Å²) in [6, 6.07) is 0. The summed E-state index contributed by atoms with van der Waals surface area (Å²) in [5.74, 6) is 2.50. The third-order valence-electron chi connectivity index (χ3n) is 4.08. The lowest BCUT2D eigenvalue weighted by Crippen LogP contribution is -2.40. The Hall–Kier alpha value is -0.530. The largest absolute Gasteiger partial charge is 0.465 e. The lowest BCUT2D eigenvalue weighted by Gasteiger charge is -2.42. The van der Waals surface area contributed by atoms with E-state index in [1.165, 1.54) is 25.7 Å². The van der Waals surface area contributed by atoms with Crippen LogP contribution in [-0.4, -0.2) is 12.6 Å². The van der Waals surface area contributed by atoms with Crippen LogP contribution in [0.15, 0.2) is 0 Å². The van der Waals surface area contributed by atoms with Crippen LogP contribution in [0.1, 0.15) is 25.7 Å². The molecule has 2 atom stereocenters. The van der Waals surface area contributed by atoms with Crippen LogP contribution in [0.5, 0.6) is 0 Å². The number of fused-ring (bicyclic) bond motifs is 2. The molecule has 0 N–H and O–H groups in total. The van der Waals surface area contributed by atoms with Crippen molar-refractivity contribution in [3.63, 3.8) is 0 Å². The molecule has 0 radical (unpaired) electrons. The Morgan fingerprint density at radius 2 is 1.75 bits per heavy atom. The van der Waals surface area contributed by atoms with Crippen molar-refractivity contribution in [2.45, 2.75) is 25.7 Å². The van der Waals surface area contributed by atoms with E-state index in [1.54, 1.807) is 0 Å². The van der Waals surface area contributed by atoms with Gasteiger partial charge in [-0.2, -0.15) is 0 Å². The number of ether oxygens (including phenoxy) is 1. The van der Waals surface area contributed by atoms with Gasteiger partial charge in [-0.3, -0.25) is 4.79 Å². The predicted molar refractivity (Wildman–Crippen MR) is 43.4 cm³/mol. The molecule has 2 heteroatoms. The summed E-state index contributed by atoms with van der Waals surface area (Å²) in [6.45, 7) is 0.727. The first kappa shape index (κ1) is 6.93. The van der Waals surface area contributed by atoms with Crippen LogP contribution in [0.3, 0.4) is 0 Å². The van der Waals surface area contributed by atoms with Gasteiger partial charge in [0.25, 0.3) is 0 Å². The van der Waals surface area contributed by atoms with E-state index in [9.17, 15) is 4.79 Å². The maximum atomic E-state index is 11.4. The average Bonchev–Trinajstić information content (AvgIpc) is 2.53. The molecule has 0 aromatic heterocycles. The van der Waals surface area contributed by atoms with Gasteiger partial charge in [-0.15, -0.1) is 0 Å². The number of carbonyl (C=O) groups excluding carboxylic acids is 1. The van der Waals surface area contributed by atoms with Crippen molar-refractivity contribution in [1.82, 2.24) is 0 Å². The molecule has 0 spiro atoms. The van der Waals surface area contributed by atoms with Gasteiger partial charge in [0.2, 0.25) is 0 Å². The van der Waals surface area contributed by atoms with Crippen molar-refractivity contribution >= 4 is 5.97 Å². The molecule has 1 heterocycles. The fourth-order valence-corrected chi connectivity index (χ4v) is 3.46. The zero-order valence-electron chi connectivity index (χ0n) is 7.16. The van der Waals surface area contributed by atoms with Crippen LogP contribution in [0, 0.1) is 23.7 Å². The fourth-order valence-electron chi connectivity index (χ4n) is 3.46. The first-order chi connectivity index (χ1) is 5.86. The van der Waals surface area contributed by atoms with Gasteiger partial charge in [-0.25, -0.2) is 0 Å². The van der Waals surface area contributed by atoms with Crippen LogP contribution in [0.25, 0.3) is 0 Å². The van der Waals surface area contributed by atoms with Crippen molar-refractivity contribution in [3.8, 4) is 0 Å². The third kappa shape index (κ3) is 0.732. The van der Waals surface area contributed by atoms with Crippen LogP contribution < -0.4 is 0 Å². The van der Waals surface area contributed by atoms with Crippen LogP contribution in [0.2, 0.25) is 0 Å². The number of rotatable bonds is 0. The second kappa shape index (κ2) is 2.24. The maximum absolute atomic E-state index is 11.4. The molecule has 66 valence electrons. The van der Waals surface area contributed by atoms with Gasteiger partial charge < -0.3 is 4.74 Å². The zero-order chi connectivity index (χ0) is 8.13. The summed E-state index contributed by atoms with van der Waals surface area (Å²) in [6.07, 6.45) is 5.26. The number of cyclic esters (lactones) is 1. The summed E-state index contributed by atoms with van der Waals surface area (Å²) in [4.78, 5) is 11.4. The lowest BCUT2D eigenvalue weighted by atomic mass is 9.60. The Morgan fingerprint density at radius 3 is 2.42 bits per heavy atom. The van der Waals surface area contributed by atoms with Gasteiger partial charge in [-0.05, 0) is 37.5 Å². The van der Waals surface area contributed by atoms with E-state index >= 15 is 0 Å². The highest BCUT2D eigenvalue weighted by atomic mass is 16.5. The maximum Gasteiger partial charge on any atom is 0.309 e. The molecule has 4 rings (SSSR count). The standard InChI is InChI=1S/C10H14O2/c11-10-9-7-3-1-6(2-4-7)8(9)5-12-10/h6-9H,1-5H2/t6?,7?,8-,9+/m1/s1. The van der Waals surface area contributed by atoms with E-state index in [1.807, 2.05) is 0 Å². The molecule has 3 saturated carbocycles. The second-order valence-corrected chi connectivity index (χ2v) is 4.49. The molecular formula is C10H14O2. The molecule has 2 bridgehead atoms. The average molecular weight is 166 g/mol. The lowest BCUT2D eigenvalue weighted by molar-refractivity contribution is -0.144. The Bertz CT molecular complexity index is 216.